The molecule has 0 aliphatic rings. The maximum Gasteiger partial charge on any atom is 0.346 e. The fraction of sp³-hybridized carbons (Fsp3) is 0. The summed E-state index contributed by atoms with van der Waals surface area (Å²) in [4.78, 5) is 12.9. The van der Waals surface area contributed by atoms with E-state index in [0.717, 1.165) is 10.9 Å². The number of hydrogen-bond acceptors (Lipinski definition) is 4. The van der Waals surface area contributed by atoms with Gasteiger partial charge in [0.1, 0.15) is 11.4 Å². The number of aromatic nitrogens is 2. The van der Waals surface area contributed by atoms with Crippen LogP contribution in [0.3, 0.4) is 0 Å². The van der Waals surface area contributed by atoms with Gasteiger partial charge in [-0.05, 0) is 18.2 Å². The van der Waals surface area contributed by atoms with Gasteiger partial charge in [0, 0.05) is 10.9 Å². The second kappa shape index (κ2) is 6.53. The van der Waals surface area contributed by atoms with Crippen molar-refractivity contribution in [2.24, 2.45) is 0 Å². The predicted octanol–water partition coefficient (Wildman–Crippen LogP) is 4.52. The fourth-order valence-electron chi connectivity index (χ4n) is 2.71. The van der Waals surface area contributed by atoms with E-state index in [4.69, 9.17) is 4.74 Å². The van der Waals surface area contributed by atoms with E-state index in [9.17, 15) is 4.79 Å². The Balaban J connectivity index is 1.89. The topological polar surface area (TPSA) is 52.1 Å². The van der Waals surface area contributed by atoms with Crippen LogP contribution in [0.15, 0.2) is 84.9 Å². The number of rotatable bonds is 3. The second-order valence-electron chi connectivity index (χ2n) is 5.51. The van der Waals surface area contributed by atoms with Gasteiger partial charge in [-0.15, -0.1) is 10.2 Å². The molecule has 0 radical (unpaired) electrons. The van der Waals surface area contributed by atoms with Crippen LogP contribution in [-0.2, 0) is 0 Å². The average Bonchev–Trinajstić information content (AvgIpc) is 2.68. The molecule has 4 heteroatoms. The highest BCUT2D eigenvalue weighted by Crippen LogP contribution is 2.28. The number of esters is 1. The van der Waals surface area contributed by atoms with Gasteiger partial charge >= 0.3 is 5.97 Å². The monoisotopic (exact) mass is 326 g/mol. The van der Waals surface area contributed by atoms with Crippen LogP contribution in [0, 0.1) is 0 Å². The fourth-order valence-corrected chi connectivity index (χ4v) is 2.71. The third kappa shape index (κ3) is 2.97. The minimum absolute atomic E-state index is 0.417. The first kappa shape index (κ1) is 15.0. The van der Waals surface area contributed by atoms with Crippen molar-refractivity contribution in [3.63, 3.8) is 0 Å². The van der Waals surface area contributed by atoms with Gasteiger partial charge in [-0.3, -0.25) is 0 Å². The Bertz CT molecular complexity index is 1030. The summed E-state index contributed by atoms with van der Waals surface area (Å²) in [5.41, 5.74) is 2.41. The molecule has 0 atom stereocenters. The molecule has 0 spiro atoms. The molecular formula is C21H14N2O2. The Morgan fingerprint density at radius 1 is 0.720 bits per heavy atom. The highest BCUT2D eigenvalue weighted by atomic mass is 16.5. The number of carbonyl (C=O) groups excluding carboxylic acids is 1. The molecule has 0 saturated heterocycles. The smallest absolute Gasteiger partial charge is 0.346 e. The minimum Gasteiger partial charge on any atom is -0.423 e. The number of carbonyl (C=O) groups is 1. The van der Waals surface area contributed by atoms with Crippen LogP contribution in [0.2, 0.25) is 0 Å². The number of fused-ring (bicyclic) bond motifs is 1. The summed E-state index contributed by atoms with van der Waals surface area (Å²) in [5.74, 6) is 0.0450. The van der Waals surface area contributed by atoms with E-state index >= 15 is 0 Å². The first-order chi connectivity index (χ1) is 12.3. The lowest BCUT2D eigenvalue weighted by atomic mass is 10.0. The van der Waals surface area contributed by atoms with Crippen molar-refractivity contribution in [1.29, 1.82) is 0 Å². The van der Waals surface area contributed by atoms with Crippen LogP contribution >= 0.6 is 0 Å². The molecule has 0 aliphatic heterocycles. The quantitative estimate of drug-likeness (QED) is 0.410. The molecule has 4 aromatic rings. The van der Waals surface area contributed by atoms with Crippen molar-refractivity contribution in [3.05, 3.63) is 90.5 Å². The van der Waals surface area contributed by atoms with Crippen LogP contribution in [-0.4, -0.2) is 16.2 Å². The average molecular weight is 326 g/mol. The van der Waals surface area contributed by atoms with E-state index in [1.165, 1.54) is 0 Å². The molecule has 4 nitrogen and oxygen atoms in total. The molecule has 1 aromatic heterocycles. The zero-order chi connectivity index (χ0) is 17.1. The van der Waals surface area contributed by atoms with E-state index in [2.05, 4.69) is 10.2 Å². The van der Waals surface area contributed by atoms with Crippen molar-refractivity contribution in [2.75, 3.05) is 0 Å². The van der Waals surface area contributed by atoms with Gasteiger partial charge in [-0.1, -0.05) is 66.7 Å². The molecule has 25 heavy (non-hydrogen) atoms. The second-order valence-corrected chi connectivity index (χ2v) is 5.51. The Morgan fingerprint density at radius 3 is 2.12 bits per heavy atom. The standard InChI is InChI=1S/C21H14N2O2/c24-21(25-16-11-5-2-6-12-16)19-17-13-7-8-14-18(17)22-23-20(19)15-9-3-1-4-10-15/h1-14H. The first-order valence-electron chi connectivity index (χ1n) is 7.91. The lowest BCUT2D eigenvalue weighted by Crippen LogP contribution is -2.12. The minimum atomic E-state index is -0.448. The van der Waals surface area contributed by atoms with E-state index < -0.39 is 5.97 Å². The van der Waals surface area contributed by atoms with E-state index in [0.29, 0.717) is 22.5 Å². The summed E-state index contributed by atoms with van der Waals surface area (Å²) in [6.45, 7) is 0. The molecular weight excluding hydrogens is 312 g/mol. The summed E-state index contributed by atoms with van der Waals surface area (Å²) in [6.07, 6.45) is 0. The van der Waals surface area contributed by atoms with Gasteiger partial charge < -0.3 is 4.74 Å². The number of benzene rings is 3. The van der Waals surface area contributed by atoms with Gasteiger partial charge in [-0.2, -0.15) is 0 Å². The highest BCUT2D eigenvalue weighted by molar-refractivity contribution is 6.08. The zero-order valence-electron chi connectivity index (χ0n) is 13.3. The lowest BCUT2D eigenvalue weighted by Gasteiger charge is -2.11. The molecule has 1 heterocycles. The maximum absolute atomic E-state index is 12.9. The summed E-state index contributed by atoms with van der Waals surface area (Å²) >= 11 is 0. The number of nitrogens with zero attached hydrogens (tertiary/aromatic N) is 2. The Kier molecular flexibility index (Phi) is 3.92. The molecule has 0 fully saturated rings. The third-order valence-corrected chi connectivity index (χ3v) is 3.87. The normalized spacial score (nSPS) is 10.6. The molecule has 3 aromatic carbocycles. The Morgan fingerprint density at radius 2 is 1.36 bits per heavy atom. The lowest BCUT2D eigenvalue weighted by molar-refractivity contribution is 0.0737. The van der Waals surface area contributed by atoms with E-state index in [-0.39, 0.29) is 0 Å². The largest absolute Gasteiger partial charge is 0.423 e. The number of hydrogen-bond donors (Lipinski definition) is 0. The zero-order valence-corrected chi connectivity index (χ0v) is 13.3. The van der Waals surface area contributed by atoms with E-state index in [1.807, 2.05) is 72.8 Å². The number of ether oxygens (including phenoxy) is 1. The first-order valence-corrected chi connectivity index (χ1v) is 7.91. The summed E-state index contributed by atoms with van der Waals surface area (Å²) in [5, 5.41) is 9.26. The molecule has 4 rings (SSSR count). The molecule has 120 valence electrons. The summed E-state index contributed by atoms with van der Waals surface area (Å²) in [7, 11) is 0. The van der Waals surface area contributed by atoms with Gasteiger partial charge in [0.05, 0.1) is 11.1 Å². The van der Waals surface area contributed by atoms with Gasteiger partial charge in [0.2, 0.25) is 0 Å². The molecule has 0 amide bonds. The van der Waals surface area contributed by atoms with Crippen LogP contribution in [0.5, 0.6) is 5.75 Å². The molecule has 0 N–H and O–H groups in total. The summed E-state index contributed by atoms with van der Waals surface area (Å²) in [6, 6.07) is 26.0. The SMILES string of the molecule is O=C(Oc1ccccc1)c1c(-c2ccccc2)nnc2ccccc12. The molecule has 0 saturated carbocycles. The maximum atomic E-state index is 12.9. The van der Waals surface area contributed by atoms with Crippen molar-refractivity contribution < 1.29 is 9.53 Å². The van der Waals surface area contributed by atoms with Gasteiger partial charge in [-0.25, -0.2) is 4.79 Å². The predicted molar refractivity (Wildman–Crippen MR) is 96.4 cm³/mol. The summed E-state index contributed by atoms with van der Waals surface area (Å²) < 4.78 is 5.56. The Hall–Kier alpha value is -3.53. The van der Waals surface area contributed by atoms with Crippen LogP contribution in [0.25, 0.3) is 22.2 Å². The van der Waals surface area contributed by atoms with Crippen molar-refractivity contribution in [1.82, 2.24) is 10.2 Å². The highest BCUT2D eigenvalue weighted by Gasteiger charge is 2.21. The van der Waals surface area contributed by atoms with Crippen LogP contribution < -0.4 is 4.74 Å². The van der Waals surface area contributed by atoms with Crippen molar-refractivity contribution in [3.8, 4) is 17.0 Å². The van der Waals surface area contributed by atoms with E-state index in [1.54, 1.807) is 12.1 Å². The van der Waals surface area contributed by atoms with Crippen LogP contribution in [0.4, 0.5) is 0 Å². The number of para-hydroxylation sites is 1. The van der Waals surface area contributed by atoms with Crippen LogP contribution in [0.1, 0.15) is 10.4 Å². The molecule has 0 bridgehead atoms. The van der Waals surface area contributed by atoms with Crippen molar-refractivity contribution >= 4 is 16.9 Å². The van der Waals surface area contributed by atoms with Gasteiger partial charge in [0.25, 0.3) is 0 Å². The molecule has 0 aliphatic carbocycles. The van der Waals surface area contributed by atoms with Crippen molar-refractivity contribution in [2.45, 2.75) is 0 Å². The third-order valence-electron chi connectivity index (χ3n) is 3.87. The Labute approximate surface area is 144 Å². The van der Waals surface area contributed by atoms with Gasteiger partial charge in [0.15, 0.2) is 0 Å². The molecule has 0 unspecified atom stereocenters.